The number of halogens is 4. The lowest BCUT2D eigenvalue weighted by Gasteiger charge is -2.32. The van der Waals surface area contributed by atoms with E-state index < -0.39 is 35.4 Å². The molecule has 1 fully saturated rings. The van der Waals surface area contributed by atoms with E-state index in [4.69, 9.17) is 11.6 Å². The number of nitrogens with one attached hydrogen (secondary N) is 1. The second kappa shape index (κ2) is 10.6. The number of carbonyl (C=O) groups is 2. The molecule has 1 aliphatic heterocycles. The first-order chi connectivity index (χ1) is 18.6. The van der Waals surface area contributed by atoms with Crippen molar-refractivity contribution in [3.63, 3.8) is 0 Å². The van der Waals surface area contributed by atoms with Crippen LogP contribution in [-0.2, 0) is 10.4 Å². The predicted molar refractivity (Wildman–Crippen MR) is 138 cm³/mol. The van der Waals surface area contributed by atoms with E-state index in [0.717, 1.165) is 18.0 Å². The molecule has 1 aliphatic carbocycles. The number of alkyl halides is 2. The molecule has 2 aromatic heterocycles. The summed E-state index contributed by atoms with van der Waals surface area (Å²) in [7, 11) is 0. The molecule has 204 valence electrons. The topological polar surface area (TPSA) is 95.4 Å². The zero-order valence-electron chi connectivity index (χ0n) is 21.0. The smallest absolute Gasteiger partial charge is 0.281 e. The lowest BCUT2D eigenvalue weighted by Crippen LogP contribution is -2.45. The van der Waals surface area contributed by atoms with Gasteiger partial charge in [0.15, 0.2) is 5.60 Å². The fourth-order valence-corrected chi connectivity index (χ4v) is 5.68. The van der Waals surface area contributed by atoms with Crippen molar-refractivity contribution in [2.24, 2.45) is 5.92 Å². The molecule has 0 radical (unpaired) electrons. The van der Waals surface area contributed by atoms with Crippen LogP contribution in [0.25, 0.3) is 0 Å². The molecule has 2 amide bonds. The van der Waals surface area contributed by atoms with E-state index in [9.17, 15) is 27.9 Å². The number of carbonyl (C=O) groups excluding carboxylic acids is 2. The van der Waals surface area contributed by atoms with Gasteiger partial charge >= 0.3 is 0 Å². The van der Waals surface area contributed by atoms with E-state index >= 15 is 0 Å². The number of benzene rings is 1. The van der Waals surface area contributed by atoms with Crippen LogP contribution in [0.3, 0.4) is 0 Å². The molecule has 1 unspecified atom stereocenters. The van der Waals surface area contributed by atoms with Gasteiger partial charge in [-0.3, -0.25) is 19.6 Å². The summed E-state index contributed by atoms with van der Waals surface area (Å²) < 4.78 is 41.4. The quantitative estimate of drug-likeness (QED) is 0.440. The Labute approximate surface area is 228 Å². The monoisotopic (exact) mass is 558 g/mol. The summed E-state index contributed by atoms with van der Waals surface area (Å²) >= 11 is 5.87. The van der Waals surface area contributed by atoms with Crippen molar-refractivity contribution in [3.05, 3.63) is 87.7 Å². The van der Waals surface area contributed by atoms with Gasteiger partial charge in [0.2, 0.25) is 0 Å². The van der Waals surface area contributed by atoms with Crippen molar-refractivity contribution in [2.45, 2.75) is 50.7 Å². The highest BCUT2D eigenvalue weighted by atomic mass is 35.5. The molecule has 0 spiro atoms. The third-order valence-corrected chi connectivity index (χ3v) is 7.72. The van der Waals surface area contributed by atoms with E-state index in [0.29, 0.717) is 43.5 Å². The molecule has 0 bridgehead atoms. The van der Waals surface area contributed by atoms with Gasteiger partial charge in [-0.05, 0) is 62.3 Å². The third kappa shape index (κ3) is 4.98. The normalized spacial score (nSPS) is 22.7. The summed E-state index contributed by atoms with van der Waals surface area (Å²) in [5.41, 5.74) is -1.47. The molecule has 1 aromatic carbocycles. The maximum Gasteiger partial charge on any atom is 0.281 e. The number of aliphatic hydroxyl groups is 1. The zero-order chi connectivity index (χ0) is 27.9. The Morgan fingerprint density at radius 1 is 1.18 bits per heavy atom. The van der Waals surface area contributed by atoms with E-state index in [-0.39, 0.29) is 28.1 Å². The van der Waals surface area contributed by atoms with E-state index in [2.05, 4.69) is 15.3 Å². The van der Waals surface area contributed by atoms with Gasteiger partial charge in [0.05, 0.1) is 22.5 Å². The van der Waals surface area contributed by atoms with Crippen LogP contribution in [0, 0.1) is 18.7 Å². The SMILES string of the molecule is Cc1ccc2c(c1)N(C[C@H]1CC[C@H](NC(=O)c3cc(Cl)cnc3C(F)F)CC1)C(=O)C2(O)c1ccncc1F. The molecular formula is C28H26ClF3N4O3. The van der Waals surface area contributed by atoms with Crippen molar-refractivity contribution in [2.75, 3.05) is 11.4 Å². The summed E-state index contributed by atoms with van der Waals surface area (Å²) in [5, 5.41) is 14.5. The highest BCUT2D eigenvalue weighted by Crippen LogP contribution is 2.46. The summed E-state index contributed by atoms with van der Waals surface area (Å²) in [5.74, 6) is -2.02. The number of amides is 2. The van der Waals surface area contributed by atoms with Crippen LogP contribution in [0.2, 0.25) is 5.02 Å². The second-order valence-electron chi connectivity index (χ2n) is 10.1. The maximum absolute atomic E-state index is 14.7. The van der Waals surface area contributed by atoms with Crippen molar-refractivity contribution in [3.8, 4) is 0 Å². The molecule has 2 N–H and O–H groups in total. The van der Waals surface area contributed by atoms with Crippen LogP contribution < -0.4 is 10.2 Å². The highest BCUT2D eigenvalue weighted by Gasteiger charge is 2.52. The van der Waals surface area contributed by atoms with Gasteiger partial charge in [-0.1, -0.05) is 23.7 Å². The lowest BCUT2D eigenvalue weighted by atomic mass is 9.85. The van der Waals surface area contributed by atoms with Gasteiger partial charge in [-0.2, -0.15) is 0 Å². The summed E-state index contributed by atoms with van der Waals surface area (Å²) in [6, 6.07) is 7.46. The summed E-state index contributed by atoms with van der Waals surface area (Å²) in [4.78, 5) is 35.2. The summed E-state index contributed by atoms with van der Waals surface area (Å²) in [6.07, 6.45) is 2.90. The van der Waals surface area contributed by atoms with Crippen LogP contribution in [-0.4, -0.2) is 39.5 Å². The van der Waals surface area contributed by atoms with Crippen LogP contribution in [0.1, 0.15) is 64.9 Å². The second-order valence-corrected chi connectivity index (χ2v) is 10.5. The summed E-state index contributed by atoms with van der Waals surface area (Å²) in [6.45, 7) is 2.18. The van der Waals surface area contributed by atoms with Gasteiger partial charge in [0, 0.05) is 36.1 Å². The fourth-order valence-electron chi connectivity index (χ4n) is 5.52. The van der Waals surface area contributed by atoms with Gasteiger partial charge in [0.1, 0.15) is 11.5 Å². The van der Waals surface area contributed by atoms with E-state index in [1.165, 1.54) is 23.2 Å². The number of anilines is 1. The first kappa shape index (κ1) is 27.1. The van der Waals surface area contributed by atoms with Gasteiger partial charge in [0.25, 0.3) is 18.2 Å². The first-order valence-corrected chi connectivity index (χ1v) is 13.0. The average Bonchev–Trinajstić information content (AvgIpc) is 3.11. The van der Waals surface area contributed by atoms with Crippen LogP contribution in [0.4, 0.5) is 18.9 Å². The van der Waals surface area contributed by atoms with Crippen molar-refractivity contribution >= 4 is 29.1 Å². The Bertz CT molecular complexity index is 1430. The van der Waals surface area contributed by atoms with Crippen LogP contribution in [0.15, 0.2) is 48.9 Å². The van der Waals surface area contributed by atoms with Crippen molar-refractivity contribution < 1.29 is 27.9 Å². The standard InChI is InChI=1S/C28H26ClF3N4O3/c1-15-2-7-21-23(10-15)36(27(38)28(21,39)20-8-9-33-13-22(20)30)14-16-3-5-18(6-4-16)35-26(37)19-11-17(29)12-34-24(19)25(31)32/h2,7-13,16,18,25,39H,3-6,14H2,1H3,(H,35,37)/t16-,18-,28?. The molecule has 5 rings (SSSR count). The molecule has 39 heavy (non-hydrogen) atoms. The number of aromatic nitrogens is 2. The van der Waals surface area contributed by atoms with Crippen LogP contribution in [0.5, 0.6) is 0 Å². The van der Waals surface area contributed by atoms with Crippen molar-refractivity contribution in [1.29, 1.82) is 0 Å². The van der Waals surface area contributed by atoms with Crippen molar-refractivity contribution in [1.82, 2.24) is 15.3 Å². The number of hydrogen-bond donors (Lipinski definition) is 2. The first-order valence-electron chi connectivity index (χ1n) is 12.6. The predicted octanol–water partition coefficient (Wildman–Crippen LogP) is 5.09. The molecule has 3 aromatic rings. The Morgan fingerprint density at radius 3 is 2.62 bits per heavy atom. The van der Waals surface area contributed by atoms with E-state index in [1.54, 1.807) is 18.2 Å². The molecule has 11 heteroatoms. The fraction of sp³-hybridized carbons (Fsp3) is 0.357. The molecule has 3 heterocycles. The zero-order valence-corrected chi connectivity index (χ0v) is 21.8. The largest absolute Gasteiger partial charge is 0.372 e. The van der Waals surface area contributed by atoms with Gasteiger partial charge in [-0.25, -0.2) is 13.2 Å². The Kier molecular flexibility index (Phi) is 7.35. The Hall–Kier alpha value is -3.50. The minimum Gasteiger partial charge on any atom is -0.372 e. The Balaban J connectivity index is 1.29. The maximum atomic E-state index is 14.7. The average molecular weight is 559 g/mol. The number of rotatable bonds is 6. The van der Waals surface area contributed by atoms with Gasteiger partial charge in [-0.15, -0.1) is 0 Å². The third-order valence-electron chi connectivity index (χ3n) is 7.51. The minimum atomic E-state index is -2.91. The molecule has 7 nitrogen and oxygen atoms in total. The number of nitrogens with zero attached hydrogens (tertiary/aromatic N) is 3. The molecule has 1 atom stereocenters. The Morgan fingerprint density at radius 2 is 1.92 bits per heavy atom. The van der Waals surface area contributed by atoms with Gasteiger partial charge < -0.3 is 15.3 Å². The molecule has 2 aliphatic rings. The molecule has 0 saturated heterocycles. The number of pyridine rings is 2. The molecular weight excluding hydrogens is 533 g/mol. The van der Waals surface area contributed by atoms with Crippen LogP contribution >= 0.6 is 11.6 Å². The lowest BCUT2D eigenvalue weighted by molar-refractivity contribution is -0.132. The molecule has 1 saturated carbocycles. The number of hydrogen-bond acceptors (Lipinski definition) is 5. The van der Waals surface area contributed by atoms with E-state index in [1.807, 2.05) is 6.92 Å². The number of aryl methyl sites for hydroxylation is 1. The highest BCUT2D eigenvalue weighted by molar-refractivity contribution is 6.30. The number of fused-ring (bicyclic) bond motifs is 1. The minimum absolute atomic E-state index is 0.0459.